The molecule has 0 radical (unpaired) electrons. The van der Waals surface area contributed by atoms with Crippen LogP contribution in [0.3, 0.4) is 0 Å². The third kappa shape index (κ3) is 5.89. The number of hydrogen-bond donors (Lipinski definition) is 1. The van der Waals surface area contributed by atoms with Gasteiger partial charge < -0.3 is 15.0 Å². The number of ether oxygens (including phenoxy) is 1. The number of nitrogens with zero attached hydrogens (tertiary/aromatic N) is 3. The lowest BCUT2D eigenvalue weighted by molar-refractivity contribution is -0.117. The van der Waals surface area contributed by atoms with Gasteiger partial charge in [-0.1, -0.05) is 75.4 Å². The van der Waals surface area contributed by atoms with Crippen molar-refractivity contribution in [2.24, 2.45) is 0 Å². The predicted octanol–water partition coefficient (Wildman–Crippen LogP) is 5.36. The highest BCUT2D eigenvalue weighted by molar-refractivity contribution is 6.08. The Morgan fingerprint density at radius 2 is 1.70 bits per heavy atom. The maximum Gasteiger partial charge on any atom is 0.255 e. The second kappa shape index (κ2) is 11.0. The Morgan fingerprint density at radius 1 is 1.00 bits per heavy atom. The van der Waals surface area contributed by atoms with Crippen LogP contribution in [-0.4, -0.2) is 53.3 Å². The summed E-state index contributed by atoms with van der Waals surface area (Å²) < 4.78 is 7.00. The van der Waals surface area contributed by atoms with Gasteiger partial charge >= 0.3 is 0 Å². The Bertz CT molecular complexity index is 1410. The fourth-order valence-electron chi connectivity index (χ4n) is 4.21. The summed E-state index contributed by atoms with van der Waals surface area (Å²) in [6, 6.07) is 23.2. The first-order chi connectivity index (χ1) is 17.7. The first-order valence-electron chi connectivity index (χ1n) is 12.4. The molecule has 7 nitrogen and oxygen atoms in total. The monoisotopic (exact) mass is 498 g/mol. The van der Waals surface area contributed by atoms with Crippen molar-refractivity contribution in [3.63, 3.8) is 0 Å². The molecule has 7 heteroatoms. The third-order valence-electron chi connectivity index (χ3n) is 6.30. The summed E-state index contributed by atoms with van der Waals surface area (Å²) in [4.78, 5) is 28.4. The summed E-state index contributed by atoms with van der Waals surface area (Å²) >= 11 is 0. The van der Waals surface area contributed by atoms with E-state index in [0.717, 1.165) is 27.7 Å². The van der Waals surface area contributed by atoms with E-state index in [4.69, 9.17) is 9.84 Å². The van der Waals surface area contributed by atoms with E-state index >= 15 is 0 Å². The van der Waals surface area contributed by atoms with E-state index < -0.39 is 0 Å². The standard InChI is InChI=1S/C30H34N4O3/c1-21-11-6-9-16-25(21)34-27(19-26(32-34)30(2,3)4)31-28(35)20-33(17-18-37-5)29(36)24-15-10-13-22-12-7-8-14-23(22)24/h6-16,19H,17-18,20H2,1-5H3,(H,31,35). The average molecular weight is 499 g/mol. The van der Waals surface area contributed by atoms with Gasteiger partial charge in [-0.2, -0.15) is 5.10 Å². The highest BCUT2D eigenvalue weighted by Gasteiger charge is 2.24. The van der Waals surface area contributed by atoms with Gasteiger partial charge in [0.15, 0.2) is 0 Å². The zero-order chi connectivity index (χ0) is 26.6. The summed E-state index contributed by atoms with van der Waals surface area (Å²) in [5.41, 5.74) is 3.13. The molecule has 4 aromatic rings. The van der Waals surface area contributed by atoms with Gasteiger partial charge in [-0.05, 0) is 35.4 Å². The Morgan fingerprint density at radius 3 is 2.43 bits per heavy atom. The van der Waals surface area contributed by atoms with Crippen LogP contribution in [0, 0.1) is 6.92 Å². The van der Waals surface area contributed by atoms with Crippen molar-refractivity contribution in [1.82, 2.24) is 14.7 Å². The number of methoxy groups -OCH3 is 1. The molecule has 0 spiro atoms. The molecule has 1 aromatic heterocycles. The maximum atomic E-state index is 13.6. The van der Waals surface area contributed by atoms with E-state index in [0.29, 0.717) is 18.0 Å². The number of anilines is 1. The number of carbonyl (C=O) groups excluding carboxylic acids is 2. The number of aryl methyl sites for hydroxylation is 1. The van der Waals surface area contributed by atoms with E-state index in [1.54, 1.807) is 17.9 Å². The summed E-state index contributed by atoms with van der Waals surface area (Å²) in [7, 11) is 1.58. The summed E-state index contributed by atoms with van der Waals surface area (Å²) in [5, 5.41) is 9.64. The van der Waals surface area contributed by atoms with Gasteiger partial charge in [0.25, 0.3) is 5.91 Å². The van der Waals surface area contributed by atoms with Crippen LogP contribution in [0.5, 0.6) is 0 Å². The van der Waals surface area contributed by atoms with Crippen LogP contribution in [0.1, 0.15) is 42.4 Å². The van der Waals surface area contributed by atoms with E-state index in [1.165, 1.54) is 4.90 Å². The van der Waals surface area contributed by atoms with Gasteiger partial charge in [0.1, 0.15) is 12.4 Å². The van der Waals surface area contributed by atoms with Crippen molar-refractivity contribution in [1.29, 1.82) is 0 Å². The third-order valence-corrected chi connectivity index (χ3v) is 6.30. The average Bonchev–Trinajstić information content (AvgIpc) is 3.30. The molecule has 0 aliphatic rings. The molecule has 2 amide bonds. The molecule has 0 fully saturated rings. The van der Waals surface area contributed by atoms with Crippen LogP contribution in [0.2, 0.25) is 0 Å². The minimum atomic E-state index is -0.306. The minimum Gasteiger partial charge on any atom is -0.383 e. The van der Waals surface area contributed by atoms with Crippen molar-refractivity contribution in [2.45, 2.75) is 33.1 Å². The highest BCUT2D eigenvalue weighted by Crippen LogP contribution is 2.27. The molecule has 0 aliphatic carbocycles. The predicted molar refractivity (Wildman–Crippen MR) is 147 cm³/mol. The summed E-state index contributed by atoms with van der Waals surface area (Å²) in [6.07, 6.45) is 0. The lowest BCUT2D eigenvalue weighted by Crippen LogP contribution is -2.40. The van der Waals surface area contributed by atoms with E-state index in [2.05, 4.69) is 26.1 Å². The van der Waals surface area contributed by atoms with Crippen LogP contribution in [-0.2, 0) is 14.9 Å². The number of hydrogen-bond acceptors (Lipinski definition) is 4. The number of rotatable bonds is 8. The van der Waals surface area contributed by atoms with Gasteiger partial charge in [-0.25, -0.2) is 4.68 Å². The number of nitrogens with one attached hydrogen (secondary N) is 1. The van der Waals surface area contributed by atoms with E-state index in [-0.39, 0.29) is 30.3 Å². The topological polar surface area (TPSA) is 76.5 Å². The van der Waals surface area contributed by atoms with Crippen molar-refractivity contribution in [2.75, 3.05) is 32.1 Å². The van der Waals surface area contributed by atoms with Crippen LogP contribution < -0.4 is 5.32 Å². The second-order valence-corrected chi connectivity index (χ2v) is 10.2. The normalized spacial score (nSPS) is 11.5. The Kier molecular flexibility index (Phi) is 7.74. The number of carbonyl (C=O) groups is 2. The van der Waals surface area contributed by atoms with Gasteiger partial charge in [0, 0.05) is 30.7 Å². The molecule has 0 saturated heterocycles. The Labute approximate surface area is 218 Å². The lowest BCUT2D eigenvalue weighted by atomic mass is 9.92. The first kappa shape index (κ1) is 26.1. The number of para-hydroxylation sites is 1. The molecule has 0 aliphatic heterocycles. The van der Waals surface area contributed by atoms with Crippen LogP contribution >= 0.6 is 0 Å². The summed E-state index contributed by atoms with van der Waals surface area (Å²) in [6.45, 7) is 8.74. The molecule has 1 heterocycles. The lowest BCUT2D eigenvalue weighted by Gasteiger charge is -2.23. The molecule has 0 unspecified atom stereocenters. The smallest absolute Gasteiger partial charge is 0.255 e. The van der Waals surface area contributed by atoms with Gasteiger partial charge in [-0.15, -0.1) is 0 Å². The molecule has 0 saturated carbocycles. The number of aromatic nitrogens is 2. The number of amides is 2. The van der Waals surface area contributed by atoms with Gasteiger partial charge in [0.05, 0.1) is 18.0 Å². The molecule has 3 aromatic carbocycles. The van der Waals surface area contributed by atoms with Crippen LogP contribution in [0.25, 0.3) is 16.5 Å². The Balaban J connectivity index is 1.62. The van der Waals surface area contributed by atoms with Crippen molar-refractivity contribution in [3.05, 3.63) is 89.6 Å². The molecule has 4 rings (SSSR count). The van der Waals surface area contributed by atoms with E-state index in [1.807, 2.05) is 73.7 Å². The van der Waals surface area contributed by atoms with E-state index in [9.17, 15) is 9.59 Å². The molecule has 0 bridgehead atoms. The maximum absolute atomic E-state index is 13.6. The molecule has 0 atom stereocenters. The first-order valence-corrected chi connectivity index (χ1v) is 12.4. The van der Waals surface area contributed by atoms with Gasteiger partial charge in [-0.3, -0.25) is 9.59 Å². The van der Waals surface area contributed by atoms with Crippen molar-refractivity contribution in [3.8, 4) is 5.69 Å². The molecular formula is C30H34N4O3. The number of fused-ring (bicyclic) bond motifs is 1. The van der Waals surface area contributed by atoms with Crippen LogP contribution in [0.15, 0.2) is 72.8 Å². The summed E-state index contributed by atoms with van der Waals surface area (Å²) in [5.74, 6) is 0.0419. The van der Waals surface area contributed by atoms with Crippen molar-refractivity contribution < 1.29 is 14.3 Å². The fourth-order valence-corrected chi connectivity index (χ4v) is 4.21. The zero-order valence-corrected chi connectivity index (χ0v) is 22.1. The minimum absolute atomic E-state index is 0.116. The quantitative estimate of drug-likeness (QED) is 0.355. The Hall–Kier alpha value is -3.97. The van der Waals surface area contributed by atoms with Crippen molar-refractivity contribution >= 4 is 28.4 Å². The molecule has 1 N–H and O–H groups in total. The zero-order valence-electron chi connectivity index (χ0n) is 22.1. The SMILES string of the molecule is COCCN(CC(=O)Nc1cc(C(C)(C)C)nn1-c1ccccc1C)C(=O)c1cccc2ccccc12. The molecule has 192 valence electrons. The fraction of sp³-hybridized carbons (Fsp3) is 0.300. The highest BCUT2D eigenvalue weighted by atomic mass is 16.5. The number of benzene rings is 3. The second-order valence-electron chi connectivity index (χ2n) is 10.2. The largest absolute Gasteiger partial charge is 0.383 e. The molecular weight excluding hydrogens is 464 g/mol. The van der Waals surface area contributed by atoms with Crippen LogP contribution in [0.4, 0.5) is 5.82 Å². The molecule has 37 heavy (non-hydrogen) atoms. The van der Waals surface area contributed by atoms with Gasteiger partial charge in [0.2, 0.25) is 5.91 Å².